The van der Waals surface area contributed by atoms with E-state index in [4.69, 9.17) is 10.9 Å². The lowest BCUT2D eigenvalue weighted by atomic mass is 9.82. The highest BCUT2D eigenvalue weighted by Crippen LogP contribution is 2.40. The molecule has 116 valence electrons. The first-order chi connectivity index (χ1) is 9.98. The van der Waals surface area contributed by atoms with Crippen molar-refractivity contribution in [1.82, 2.24) is 0 Å². The third-order valence-corrected chi connectivity index (χ3v) is 5.50. The summed E-state index contributed by atoms with van der Waals surface area (Å²) in [6.07, 6.45) is 3.29. The van der Waals surface area contributed by atoms with Crippen LogP contribution in [-0.4, -0.2) is 24.1 Å². The fraction of sp³-hybridized carbons (Fsp3) is 0.533. The Hall–Kier alpha value is -1.30. The Balaban J connectivity index is 2.33. The lowest BCUT2D eigenvalue weighted by Crippen LogP contribution is -2.27. The van der Waals surface area contributed by atoms with Crippen LogP contribution >= 0.6 is 15.9 Å². The molecule has 0 amide bonds. The van der Waals surface area contributed by atoms with Gasteiger partial charge in [-0.1, -0.05) is 19.0 Å². The Labute approximate surface area is 132 Å². The Bertz CT molecular complexity index is 558. The van der Waals surface area contributed by atoms with Gasteiger partial charge in [0, 0.05) is 18.7 Å². The minimum absolute atomic E-state index is 0.106. The zero-order valence-electron chi connectivity index (χ0n) is 12.4. The van der Waals surface area contributed by atoms with E-state index in [0.29, 0.717) is 11.3 Å². The van der Waals surface area contributed by atoms with Crippen LogP contribution < -0.4 is 10.6 Å². The SMILES string of the molecule is CCC1(CC)CCN(c2ccc(/C(N)=N/O)c(Br)c2F)C1. The normalized spacial score (nSPS) is 18.3. The number of hydrogen-bond donors (Lipinski definition) is 2. The Kier molecular flexibility index (Phi) is 4.76. The van der Waals surface area contributed by atoms with Crippen molar-refractivity contribution in [3.8, 4) is 0 Å². The molecule has 0 atom stereocenters. The number of halogens is 2. The van der Waals surface area contributed by atoms with E-state index in [9.17, 15) is 4.39 Å². The van der Waals surface area contributed by atoms with E-state index in [2.05, 4.69) is 39.8 Å². The van der Waals surface area contributed by atoms with Crippen LogP contribution in [-0.2, 0) is 0 Å². The molecule has 6 heteroatoms. The second-order valence-corrected chi connectivity index (χ2v) is 6.42. The molecule has 21 heavy (non-hydrogen) atoms. The van der Waals surface area contributed by atoms with Crippen LogP contribution in [0, 0.1) is 11.2 Å². The number of amidine groups is 1. The molecule has 0 saturated carbocycles. The molecule has 4 nitrogen and oxygen atoms in total. The molecule has 0 bridgehead atoms. The van der Waals surface area contributed by atoms with Crippen molar-refractivity contribution < 1.29 is 9.60 Å². The van der Waals surface area contributed by atoms with Gasteiger partial charge in [-0.15, -0.1) is 0 Å². The van der Waals surface area contributed by atoms with Gasteiger partial charge in [0.15, 0.2) is 11.7 Å². The van der Waals surface area contributed by atoms with Gasteiger partial charge in [-0.3, -0.25) is 0 Å². The maximum absolute atomic E-state index is 14.6. The minimum Gasteiger partial charge on any atom is -0.409 e. The molecule has 1 aliphatic heterocycles. The quantitative estimate of drug-likeness (QED) is 0.373. The number of nitrogens with two attached hydrogens (primary N) is 1. The maximum Gasteiger partial charge on any atom is 0.171 e. The number of oxime groups is 1. The molecule has 1 heterocycles. The van der Waals surface area contributed by atoms with Crippen LogP contribution in [0.5, 0.6) is 0 Å². The summed E-state index contributed by atoms with van der Waals surface area (Å²) in [4.78, 5) is 2.09. The number of anilines is 1. The minimum atomic E-state index is -0.359. The zero-order chi connectivity index (χ0) is 15.6. The number of rotatable bonds is 4. The Morgan fingerprint density at radius 3 is 2.67 bits per heavy atom. The predicted molar refractivity (Wildman–Crippen MR) is 86.5 cm³/mol. The highest BCUT2D eigenvalue weighted by molar-refractivity contribution is 9.10. The molecule has 3 N–H and O–H groups in total. The molecule has 0 aromatic heterocycles. The third-order valence-electron chi connectivity index (χ3n) is 4.72. The van der Waals surface area contributed by atoms with E-state index in [-0.39, 0.29) is 21.5 Å². The predicted octanol–water partition coefficient (Wildman–Crippen LogP) is 3.70. The molecular formula is C15H21BrFN3O. The maximum atomic E-state index is 14.6. The first kappa shape index (κ1) is 16.1. The van der Waals surface area contributed by atoms with Gasteiger partial charge in [0.2, 0.25) is 0 Å². The van der Waals surface area contributed by atoms with Gasteiger partial charge in [0.1, 0.15) is 0 Å². The summed E-state index contributed by atoms with van der Waals surface area (Å²) in [6.45, 7) is 6.11. The van der Waals surface area contributed by atoms with Gasteiger partial charge in [-0.25, -0.2) is 4.39 Å². The standard InChI is InChI=1S/C15H21BrFN3O/c1-3-15(4-2)7-8-20(9-15)11-6-5-10(14(18)19-21)12(16)13(11)17/h5-6,21H,3-4,7-9H2,1-2H3,(H2,18,19). The largest absolute Gasteiger partial charge is 0.409 e. The van der Waals surface area contributed by atoms with Crippen LogP contribution in [0.25, 0.3) is 0 Å². The summed E-state index contributed by atoms with van der Waals surface area (Å²) < 4.78 is 14.8. The van der Waals surface area contributed by atoms with Crippen molar-refractivity contribution in [2.45, 2.75) is 33.1 Å². The first-order valence-electron chi connectivity index (χ1n) is 7.19. The highest BCUT2D eigenvalue weighted by atomic mass is 79.9. The zero-order valence-corrected chi connectivity index (χ0v) is 14.0. The Morgan fingerprint density at radius 1 is 1.48 bits per heavy atom. The van der Waals surface area contributed by atoms with E-state index in [1.165, 1.54) is 0 Å². The van der Waals surface area contributed by atoms with Crippen LogP contribution in [0.15, 0.2) is 21.8 Å². The van der Waals surface area contributed by atoms with E-state index in [1.54, 1.807) is 12.1 Å². The molecule has 0 spiro atoms. The molecule has 1 fully saturated rings. The summed E-state index contributed by atoms with van der Waals surface area (Å²) in [7, 11) is 0. The fourth-order valence-electron chi connectivity index (χ4n) is 3.00. The van der Waals surface area contributed by atoms with E-state index in [1.807, 2.05) is 0 Å². The van der Waals surface area contributed by atoms with Crippen molar-refractivity contribution in [1.29, 1.82) is 0 Å². The second kappa shape index (κ2) is 6.22. The number of nitrogens with zero attached hydrogens (tertiary/aromatic N) is 2. The van der Waals surface area contributed by atoms with Crippen LogP contribution in [0.4, 0.5) is 10.1 Å². The molecule has 0 radical (unpaired) electrons. The van der Waals surface area contributed by atoms with Gasteiger partial charge in [-0.05, 0) is 52.7 Å². The van der Waals surface area contributed by atoms with E-state index in [0.717, 1.165) is 32.4 Å². The molecule has 1 saturated heterocycles. The smallest absolute Gasteiger partial charge is 0.171 e. The molecule has 1 aliphatic rings. The van der Waals surface area contributed by atoms with Crippen LogP contribution in [0.3, 0.4) is 0 Å². The van der Waals surface area contributed by atoms with Gasteiger partial charge < -0.3 is 15.8 Å². The molecule has 1 aromatic carbocycles. The highest BCUT2D eigenvalue weighted by Gasteiger charge is 2.36. The summed E-state index contributed by atoms with van der Waals surface area (Å²) >= 11 is 3.21. The second-order valence-electron chi connectivity index (χ2n) is 5.62. The molecule has 1 aromatic rings. The summed E-state index contributed by atoms with van der Waals surface area (Å²) in [5, 5.41) is 11.6. The van der Waals surface area contributed by atoms with Gasteiger partial charge in [0.05, 0.1) is 10.2 Å². The third kappa shape index (κ3) is 2.86. The average Bonchev–Trinajstić information content (AvgIpc) is 2.94. The van der Waals surface area contributed by atoms with Crippen molar-refractivity contribution in [2.75, 3.05) is 18.0 Å². The summed E-state index contributed by atoms with van der Waals surface area (Å²) in [5.41, 5.74) is 6.75. The average molecular weight is 358 g/mol. The lowest BCUT2D eigenvalue weighted by molar-refractivity contribution is 0.301. The first-order valence-corrected chi connectivity index (χ1v) is 7.98. The molecule has 2 rings (SSSR count). The number of benzene rings is 1. The molecule has 0 unspecified atom stereocenters. The number of hydrogen-bond acceptors (Lipinski definition) is 3. The Morgan fingerprint density at radius 2 is 2.14 bits per heavy atom. The van der Waals surface area contributed by atoms with E-state index < -0.39 is 0 Å². The molecular weight excluding hydrogens is 337 g/mol. The van der Waals surface area contributed by atoms with Crippen molar-refractivity contribution in [3.05, 3.63) is 28.0 Å². The van der Waals surface area contributed by atoms with Crippen molar-refractivity contribution in [2.24, 2.45) is 16.3 Å². The monoisotopic (exact) mass is 357 g/mol. The molecule has 0 aliphatic carbocycles. The van der Waals surface area contributed by atoms with Crippen molar-refractivity contribution in [3.63, 3.8) is 0 Å². The van der Waals surface area contributed by atoms with Gasteiger partial charge in [0.25, 0.3) is 0 Å². The van der Waals surface area contributed by atoms with Gasteiger partial charge >= 0.3 is 0 Å². The van der Waals surface area contributed by atoms with Crippen LogP contribution in [0.2, 0.25) is 0 Å². The van der Waals surface area contributed by atoms with Gasteiger partial charge in [-0.2, -0.15) is 0 Å². The fourth-order valence-corrected chi connectivity index (χ4v) is 3.54. The van der Waals surface area contributed by atoms with Crippen LogP contribution in [0.1, 0.15) is 38.7 Å². The van der Waals surface area contributed by atoms with E-state index >= 15 is 0 Å². The van der Waals surface area contributed by atoms with Crippen molar-refractivity contribution >= 4 is 27.5 Å². The summed E-state index contributed by atoms with van der Waals surface area (Å²) in [6, 6.07) is 3.38. The summed E-state index contributed by atoms with van der Waals surface area (Å²) in [5.74, 6) is -0.465. The topological polar surface area (TPSA) is 61.8 Å². The lowest BCUT2D eigenvalue weighted by Gasteiger charge is -2.27.